The molecule has 2 aromatic rings. The molecule has 34 heavy (non-hydrogen) atoms. The third-order valence-electron chi connectivity index (χ3n) is 7.72. The fraction of sp³-hybridized carbons (Fsp3) is 0.654. The second kappa shape index (κ2) is 10.6. The summed E-state index contributed by atoms with van der Waals surface area (Å²) in [5.41, 5.74) is 0.266. The number of hydrogen-bond acceptors (Lipinski definition) is 7. The maximum Gasteiger partial charge on any atom is 0.266 e. The zero-order valence-corrected chi connectivity index (χ0v) is 20.0. The lowest BCUT2D eigenvalue weighted by Crippen LogP contribution is -2.46. The van der Waals surface area contributed by atoms with Gasteiger partial charge in [-0.05, 0) is 69.7 Å². The minimum atomic E-state index is 0.0522. The summed E-state index contributed by atoms with van der Waals surface area (Å²) in [5.74, 6) is 2.39. The molecule has 8 nitrogen and oxygen atoms in total. The van der Waals surface area contributed by atoms with Crippen LogP contribution >= 0.6 is 0 Å². The summed E-state index contributed by atoms with van der Waals surface area (Å²) in [7, 11) is 0. The van der Waals surface area contributed by atoms with Crippen molar-refractivity contribution in [3.8, 4) is 17.7 Å². The van der Waals surface area contributed by atoms with Crippen molar-refractivity contribution in [2.24, 2.45) is 11.8 Å². The molecule has 0 spiro atoms. The molecule has 2 aromatic heterocycles. The summed E-state index contributed by atoms with van der Waals surface area (Å²) < 4.78 is 11.2. The molecule has 0 radical (unpaired) electrons. The summed E-state index contributed by atoms with van der Waals surface area (Å²) in [6.45, 7) is 6.86. The van der Waals surface area contributed by atoms with E-state index in [1.165, 1.54) is 45.3 Å². The van der Waals surface area contributed by atoms with Gasteiger partial charge >= 0.3 is 0 Å². The van der Waals surface area contributed by atoms with Gasteiger partial charge in [0.05, 0.1) is 6.26 Å². The first-order valence-corrected chi connectivity index (χ1v) is 12.9. The Labute approximate surface area is 201 Å². The van der Waals surface area contributed by atoms with Crippen molar-refractivity contribution in [1.82, 2.24) is 14.8 Å². The number of likely N-dealkylation sites (tertiary alicyclic amines) is 2. The van der Waals surface area contributed by atoms with Crippen LogP contribution in [0, 0.1) is 23.2 Å². The summed E-state index contributed by atoms with van der Waals surface area (Å²) >= 11 is 0. The van der Waals surface area contributed by atoms with Crippen molar-refractivity contribution >= 4 is 11.8 Å². The molecule has 0 bridgehead atoms. The summed E-state index contributed by atoms with van der Waals surface area (Å²) in [4.78, 5) is 24.3. The zero-order chi connectivity index (χ0) is 23.3. The molecule has 0 atom stereocenters. The molecule has 0 aliphatic carbocycles. The number of carbonyl (C=O) groups is 1. The van der Waals surface area contributed by atoms with E-state index in [4.69, 9.17) is 8.83 Å². The summed E-state index contributed by atoms with van der Waals surface area (Å²) in [6.07, 6.45) is 10.8. The molecule has 5 rings (SSSR count). The Morgan fingerprint density at radius 3 is 2.41 bits per heavy atom. The largest absolute Gasteiger partial charge is 0.459 e. The standard InChI is InChI=1S/C26H35N5O3/c27-18-22-26(34-24(28-22)23-6-5-17-33-23)31-15-9-21(10-16-31)25(32)30-13-7-20(8-14-30)19-29-11-3-1-2-4-12-29/h5-6,17,20-21H,1-4,7-16,19H2. The molecular formula is C26H35N5O3. The molecule has 182 valence electrons. The van der Waals surface area contributed by atoms with Gasteiger partial charge in [-0.3, -0.25) is 4.79 Å². The number of aromatic nitrogens is 1. The number of hydrogen-bond donors (Lipinski definition) is 0. The van der Waals surface area contributed by atoms with Gasteiger partial charge in [0, 0.05) is 38.6 Å². The second-order valence-electron chi connectivity index (χ2n) is 10.0. The fourth-order valence-electron chi connectivity index (χ4n) is 5.71. The van der Waals surface area contributed by atoms with Gasteiger partial charge in [-0.1, -0.05) is 12.8 Å². The highest BCUT2D eigenvalue weighted by atomic mass is 16.4. The van der Waals surface area contributed by atoms with Crippen LogP contribution in [-0.2, 0) is 4.79 Å². The number of piperidine rings is 2. The molecule has 3 aliphatic rings. The first-order chi connectivity index (χ1) is 16.7. The molecule has 3 aliphatic heterocycles. The molecule has 1 amide bonds. The SMILES string of the molecule is N#Cc1nc(-c2ccco2)oc1N1CCC(C(=O)N2CCC(CN3CCCCCC3)CC2)CC1. The Morgan fingerprint density at radius 2 is 1.76 bits per heavy atom. The Bertz CT molecular complexity index is 971. The molecule has 5 heterocycles. The average molecular weight is 466 g/mol. The van der Waals surface area contributed by atoms with E-state index in [-0.39, 0.29) is 11.6 Å². The monoisotopic (exact) mass is 465 g/mol. The van der Waals surface area contributed by atoms with Crippen molar-refractivity contribution in [2.45, 2.75) is 51.4 Å². The van der Waals surface area contributed by atoms with Crippen LogP contribution in [0.1, 0.15) is 57.1 Å². The van der Waals surface area contributed by atoms with E-state index in [1.54, 1.807) is 18.4 Å². The van der Waals surface area contributed by atoms with Crippen LogP contribution in [0.2, 0.25) is 0 Å². The summed E-state index contributed by atoms with van der Waals surface area (Å²) in [5, 5.41) is 9.52. The maximum absolute atomic E-state index is 13.2. The Hall–Kier alpha value is -2.79. The maximum atomic E-state index is 13.2. The highest BCUT2D eigenvalue weighted by Crippen LogP contribution is 2.32. The number of furan rings is 1. The predicted molar refractivity (Wildman–Crippen MR) is 128 cm³/mol. The van der Waals surface area contributed by atoms with Crippen LogP contribution in [0.4, 0.5) is 5.88 Å². The smallest absolute Gasteiger partial charge is 0.266 e. The molecule has 0 aromatic carbocycles. The molecular weight excluding hydrogens is 430 g/mol. The van der Waals surface area contributed by atoms with Crippen LogP contribution in [0.3, 0.4) is 0 Å². The van der Waals surface area contributed by atoms with Gasteiger partial charge in [0.25, 0.3) is 5.89 Å². The van der Waals surface area contributed by atoms with E-state index in [1.807, 2.05) is 4.90 Å². The number of rotatable bonds is 5. The highest BCUT2D eigenvalue weighted by molar-refractivity contribution is 5.79. The van der Waals surface area contributed by atoms with Gasteiger partial charge in [0.2, 0.25) is 17.5 Å². The fourth-order valence-corrected chi connectivity index (χ4v) is 5.71. The quantitative estimate of drug-likeness (QED) is 0.656. The van der Waals surface area contributed by atoms with Crippen LogP contribution in [-0.4, -0.2) is 66.5 Å². The highest BCUT2D eigenvalue weighted by Gasteiger charge is 2.33. The number of carbonyl (C=O) groups excluding carboxylic acids is 1. The topological polar surface area (TPSA) is 89.8 Å². The second-order valence-corrected chi connectivity index (χ2v) is 10.0. The van der Waals surface area contributed by atoms with Gasteiger partial charge in [-0.25, -0.2) is 0 Å². The van der Waals surface area contributed by atoms with Crippen LogP contribution < -0.4 is 4.90 Å². The summed E-state index contributed by atoms with van der Waals surface area (Å²) in [6, 6.07) is 5.66. The van der Waals surface area contributed by atoms with E-state index in [0.29, 0.717) is 36.5 Å². The van der Waals surface area contributed by atoms with E-state index < -0.39 is 0 Å². The molecule has 8 heteroatoms. The average Bonchev–Trinajstić information content (AvgIpc) is 3.50. The van der Waals surface area contributed by atoms with Crippen molar-refractivity contribution in [2.75, 3.05) is 50.7 Å². The van der Waals surface area contributed by atoms with Gasteiger partial charge in [0.1, 0.15) is 6.07 Å². The Kier molecular flexibility index (Phi) is 7.19. The number of oxazole rings is 1. The number of anilines is 1. The first kappa shape index (κ1) is 23.0. The van der Waals surface area contributed by atoms with Gasteiger partial charge < -0.3 is 23.5 Å². The van der Waals surface area contributed by atoms with Crippen LogP contribution in [0.5, 0.6) is 0 Å². The van der Waals surface area contributed by atoms with Crippen molar-refractivity contribution < 1.29 is 13.6 Å². The molecule has 0 N–H and O–H groups in total. The zero-order valence-electron chi connectivity index (χ0n) is 20.0. The lowest BCUT2D eigenvalue weighted by molar-refractivity contribution is -0.137. The molecule has 0 unspecified atom stereocenters. The van der Waals surface area contributed by atoms with E-state index in [9.17, 15) is 10.1 Å². The van der Waals surface area contributed by atoms with Crippen LogP contribution in [0.25, 0.3) is 11.7 Å². The Balaban J connectivity index is 1.11. The number of nitriles is 1. The Morgan fingerprint density at radius 1 is 1.03 bits per heavy atom. The predicted octanol–water partition coefficient (Wildman–Crippen LogP) is 4.14. The normalized spacial score (nSPS) is 21.4. The number of amides is 1. The van der Waals surface area contributed by atoms with Gasteiger partial charge in [0.15, 0.2) is 5.76 Å². The van der Waals surface area contributed by atoms with Crippen molar-refractivity contribution in [3.63, 3.8) is 0 Å². The van der Waals surface area contributed by atoms with Crippen LogP contribution in [0.15, 0.2) is 27.2 Å². The van der Waals surface area contributed by atoms with E-state index in [0.717, 1.165) is 44.7 Å². The minimum Gasteiger partial charge on any atom is -0.459 e. The molecule has 3 saturated heterocycles. The third-order valence-corrected chi connectivity index (χ3v) is 7.72. The first-order valence-electron chi connectivity index (χ1n) is 12.9. The van der Waals surface area contributed by atoms with Gasteiger partial charge in [-0.2, -0.15) is 10.2 Å². The lowest BCUT2D eigenvalue weighted by atomic mass is 9.91. The third kappa shape index (κ3) is 5.15. The van der Waals surface area contributed by atoms with Crippen molar-refractivity contribution in [3.05, 3.63) is 24.1 Å². The van der Waals surface area contributed by atoms with Crippen molar-refractivity contribution in [1.29, 1.82) is 5.26 Å². The number of nitrogens with zero attached hydrogens (tertiary/aromatic N) is 5. The lowest BCUT2D eigenvalue weighted by Gasteiger charge is -2.38. The van der Waals surface area contributed by atoms with Gasteiger partial charge in [-0.15, -0.1) is 0 Å². The minimum absolute atomic E-state index is 0.0522. The van der Waals surface area contributed by atoms with E-state index >= 15 is 0 Å². The molecule has 0 saturated carbocycles. The molecule has 3 fully saturated rings. The van der Waals surface area contributed by atoms with E-state index in [2.05, 4.69) is 20.9 Å².